The first-order valence-electron chi connectivity index (χ1n) is 5.70. The van der Waals surface area contributed by atoms with E-state index >= 15 is 0 Å². The summed E-state index contributed by atoms with van der Waals surface area (Å²) >= 11 is 0. The van der Waals surface area contributed by atoms with Gasteiger partial charge in [-0.1, -0.05) is 12.1 Å². The zero-order chi connectivity index (χ0) is 11.4. The number of para-hydroxylation sites is 1. The first kappa shape index (κ1) is 11.2. The van der Waals surface area contributed by atoms with Gasteiger partial charge in [-0.15, -0.1) is 0 Å². The monoisotopic (exact) mass is 222 g/mol. The Morgan fingerprint density at radius 1 is 1.19 bits per heavy atom. The van der Waals surface area contributed by atoms with Crippen molar-refractivity contribution in [1.82, 2.24) is 10.2 Å². The van der Waals surface area contributed by atoms with Gasteiger partial charge in [-0.2, -0.15) is 0 Å². The third-order valence-electron chi connectivity index (χ3n) is 3.01. The molecule has 4 nitrogen and oxygen atoms in total. The highest BCUT2D eigenvalue weighted by Gasteiger charge is 2.11. The number of hydrogen-bond donors (Lipinski definition) is 3. The number of phenols is 2. The number of hydrogen-bond acceptors (Lipinski definition) is 4. The fourth-order valence-electron chi connectivity index (χ4n) is 1.99. The van der Waals surface area contributed by atoms with Crippen molar-refractivity contribution in [2.45, 2.75) is 6.42 Å². The van der Waals surface area contributed by atoms with Crippen molar-refractivity contribution in [3.63, 3.8) is 0 Å². The second kappa shape index (κ2) is 5.18. The largest absolute Gasteiger partial charge is 0.504 e. The van der Waals surface area contributed by atoms with Crippen molar-refractivity contribution in [2.24, 2.45) is 0 Å². The van der Waals surface area contributed by atoms with Crippen molar-refractivity contribution in [3.05, 3.63) is 23.8 Å². The fourth-order valence-corrected chi connectivity index (χ4v) is 1.99. The van der Waals surface area contributed by atoms with Gasteiger partial charge in [0, 0.05) is 32.7 Å². The minimum Gasteiger partial charge on any atom is -0.504 e. The first-order valence-corrected chi connectivity index (χ1v) is 5.70. The Morgan fingerprint density at radius 3 is 2.69 bits per heavy atom. The Morgan fingerprint density at radius 2 is 1.94 bits per heavy atom. The van der Waals surface area contributed by atoms with Crippen molar-refractivity contribution < 1.29 is 10.2 Å². The van der Waals surface area contributed by atoms with Crippen LogP contribution in [0.15, 0.2) is 18.2 Å². The summed E-state index contributed by atoms with van der Waals surface area (Å²) in [5.74, 6) is -0.00422. The maximum absolute atomic E-state index is 9.65. The lowest BCUT2D eigenvalue weighted by atomic mass is 10.1. The molecule has 0 amide bonds. The number of benzene rings is 1. The van der Waals surface area contributed by atoms with Gasteiger partial charge >= 0.3 is 0 Å². The Kier molecular flexibility index (Phi) is 3.64. The third-order valence-corrected chi connectivity index (χ3v) is 3.01. The minimum absolute atomic E-state index is 0.0256. The molecular weight excluding hydrogens is 204 g/mol. The van der Waals surface area contributed by atoms with Crippen LogP contribution in [-0.4, -0.2) is 47.8 Å². The molecule has 2 rings (SSSR count). The second-order valence-corrected chi connectivity index (χ2v) is 4.13. The number of aromatic hydroxyl groups is 2. The van der Waals surface area contributed by atoms with Crippen LogP contribution in [0.5, 0.6) is 11.5 Å². The van der Waals surface area contributed by atoms with Gasteiger partial charge < -0.3 is 20.4 Å². The van der Waals surface area contributed by atoms with Crippen LogP contribution in [0.1, 0.15) is 5.56 Å². The fraction of sp³-hybridized carbons (Fsp3) is 0.500. The highest BCUT2D eigenvalue weighted by Crippen LogP contribution is 2.28. The van der Waals surface area contributed by atoms with E-state index < -0.39 is 0 Å². The smallest absolute Gasteiger partial charge is 0.160 e. The molecule has 16 heavy (non-hydrogen) atoms. The number of nitrogens with zero attached hydrogens (tertiary/aromatic N) is 1. The van der Waals surface area contributed by atoms with Gasteiger partial charge in [-0.25, -0.2) is 0 Å². The molecule has 0 unspecified atom stereocenters. The topological polar surface area (TPSA) is 55.7 Å². The van der Waals surface area contributed by atoms with Gasteiger partial charge in [0.2, 0.25) is 0 Å². The predicted octanol–water partition coefficient (Wildman–Crippen LogP) is 0.545. The standard InChI is InChI=1S/C12H18N2O2/c15-11-3-1-2-10(12(11)16)4-7-14-8-5-13-6-9-14/h1-3,13,15-16H,4-9H2. The van der Waals surface area contributed by atoms with E-state index in [2.05, 4.69) is 10.2 Å². The van der Waals surface area contributed by atoms with Crippen LogP contribution in [0.3, 0.4) is 0 Å². The lowest BCUT2D eigenvalue weighted by molar-refractivity contribution is 0.243. The predicted molar refractivity (Wildman–Crippen MR) is 62.8 cm³/mol. The zero-order valence-corrected chi connectivity index (χ0v) is 9.32. The molecular formula is C12H18N2O2. The molecule has 0 radical (unpaired) electrons. The summed E-state index contributed by atoms with van der Waals surface area (Å²) in [6.07, 6.45) is 0.778. The molecule has 88 valence electrons. The molecule has 0 saturated carbocycles. The van der Waals surface area contributed by atoms with Crippen molar-refractivity contribution in [3.8, 4) is 11.5 Å². The van der Waals surface area contributed by atoms with Crippen LogP contribution >= 0.6 is 0 Å². The number of piperazine rings is 1. The van der Waals surface area contributed by atoms with Gasteiger partial charge in [0.15, 0.2) is 11.5 Å². The van der Waals surface area contributed by atoms with Crippen LogP contribution in [0, 0.1) is 0 Å². The number of nitrogens with one attached hydrogen (secondary N) is 1. The van der Waals surface area contributed by atoms with Crippen LogP contribution < -0.4 is 5.32 Å². The summed E-state index contributed by atoms with van der Waals surface area (Å²) in [5.41, 5.74) is 0.818. The Balaban J connectivity index is 1.91. The molecule has 4 heteroatoms. The molecule has 1 saturated heterocycles. The van der Waals surface area contributed by atoms with Gasteiger partial charge in [0.05, 0.1) is 0 Å². The molecule has 1 aliphatic heterocycles. The van der Waals surface area contributed by atoms with E-state index in [0.29, 0.717) is 0 Å². The van der Waals surface area contributed by atoms with Crippen LogP contribution in [0.25, 0.3) is 0 Å². The van der Waals surface area contributed by atoms with Crippen LogP contribution in [0.4, 0.5) is 0 Å². The highest BCUT2D eigenvalue weighted by atomic mass is 16.3. The second-order valence-electron chi connectivity index (χ2n) is 4.13. The molecule has 1 fully saturated rings. The van der Waals surface area contributed by atoms with Gasteiger partial charge in [0.25, 0.3) is 0 Å². The zero-order valence-electron chi connectivity index (χ0n) is 9.32. The summed E-state index contributed by atoms with van der Waals surface area (Å²) < 4.78 is 0. The van der Waals surface area contributed by atoms with E-state index in [1.165, 1.54) is 6.07 Å². The lowest BCUT2D eigenvalue weighted by Gasteiger charge is -2.27. The Hall–Kier alpha value is -1.26. The summed E-state index contributed by atoms with van der Waals surface area (Å²) in [6, 6.07) is 5.13. The molecule has 0 spiro atoms. The highest BCUT2D eigenvalue weighted by molar-refractivity contribution is 5.44. The molecule has 3 N–H and O–H groups in total. The van der Waals surface area contributed by atoms with Gasteiger partial charge in [-0.3, -0.25) is 0 Å². The summed E-state index contributed by atoms with van der Waals surface area (Å²) in [4.78, 5) is 2.36. The SMILES string of the molecule is Oc1cccc(CCN2CCNCC2)c1O. The quantitative estimate of drug-likeness (QED) is 0.654. The van der Waals surface area contributed by atoms with Gasteiger partial charge in [-0.05, 0) is 18.1 Å². The third kappa shape index (κ3) is 2.65. The molecule has 1 heterocycles. The van der Waals surface area contributed by atoms with E-state index in [9.17, 15) is 10.2 Å². The molecule has 0 bridgehead atoms. The van der Waals surface area contributed by atoms with Crippen molar-refractivity contribution in [1.29, 1.82) is 0 Å². The van der Waals surface area contributed by atoms with Crippen molar-refractivity contribution >= 4 is 0 Å². The normalized spacial score (nSPS) is 17.5. The molecule has 1 aromatic carbocycles. The van der Waals surface area contributed by atoms with Gasteiger partial charge in [0.1, 0.15) is 0 Å². The van der Waals surface area contributed by atoms with E-state index in [1.807, 2.05) is 6.07 Å². The average molecular weight is 222 g/mol. The van der Waals surface area contributed by atoms with Crippen LogP contribution in [0.2, 0.25) is 0 Å². The number of rotatable bonds is 3. The summed E-state index contributed by atoms with van der Waals surface area (Å²) in [5, 5.41) is 22.3. The van der Waals surface area contributed by atoms with Crippen LogP contribution in [-0.2, 0) is 6.42 Å². The first-order chi connectivity index (χ1) is 7.77. The number of phenolic OH excluding ortho intramolecular Hbond substituents is 2. The Bertz CT molecular complexity index is 349. The van der Waals surface area contributed by atoms with E-state index in [4.69, 9.17) is 0 Å². The molecule has 0 aliphatic carbocycles. The minimum atomic E-state index is -0.0298. The van der Waals surface area contributed by atoms with E-state index in [-0.39, 0.29) is 11.5 Å². The summed E-state index contributed by atoms with van der Waals surface area (Å²) in [7, 11) is 0. The summed E-state index contributed by atoms with van der Waals surface area (Å²) in [6.45, 7) is 5.11. The lowest BCUT2D eigenvalue weighted by Crippen LogP contribution is -2.44. The molecule has 1 aliphatic rings. The van der Waals surface area contributed by atoms with E-state index in [0.717, 1.165) is 44.7 Å². The van der Waals surface area contributed by atoms with E-state index in [1.54, 1.807) is 6.07 Å². The Labute approximate surface area is 95.5 Å². The average Bonchev–Trinajstić information content (AvgIpc) is 2.32. The molecule has 0 atom stereocenters. The molecule has 1 aromatic rings. The maximum Gasteiger partial charge on any atom is 0.160 e. The van der Waals surface area contributed by atoms with Crippen molar-refractivity contribution in [2.75, 3.05) is 32.7 Å². The molecule has 0 aromatic heterocycles. The maximum atomic E-state index is 9.65.